The standard InChI is InChI=1S/C2HF3O2/c3-2(4,5)1(6)7/h1H/q-2. The Kier molecular flexibility index (Phi) is 1.60. The van der Waals surface area contributed by atoms with Gasteiger partial charge in [-0.25, -0.2) is 0 Å². The Balaban J connectivity index is 3.54. The van der Waals surface area contributed by atoms with Gasteiger partial charge in [0, 0.05) is 0 Å². The zero-order chi connectivity index (χ0) is 6.08. The van der Waals surface area contributed by atoms with Gasteiger partial charge in [-0.1, -0.05) is 0 Å². The second kappa shape index (κ2) is 1.67. The van der Waals surface area contributed by atoms with E-state index < -0.39 is 12.5 Å². The molecule has 0 rings (SSSR count). The second-order valence-corrected chi connectivity index (χ2v) is 0.874. The molecule has 0 aliphatic carbocycles. The fraction of sp³-hybridized carbons (Fsp3) is 1.00. The first-order valence-electron chi connectivity index (χ1n) is 1.33. The van der Waals surface area contributed by atoms with Crippen LogP contribution in [-0.2, 0) is 0 Å². The van der Waals surface area contributed by atoms with E-state index in [2.05, 4.69) is 0 Å². The maximum absolute atomic E-state index is 10.6. The van der Waals surface area contributed by atoms with E-state index in [-0.39, 0.29) is 0 Å². The third-order valence-corrected chi connectivity index (χ3v) is 0.267. The highest BCUT2D eigenvalue weighted by Crippen LogP contribution is 2.13. The summed E-state index contributed by atoms with van der Waals surface area (Å²) >= 11 is 0. The predicted octanol–water partition coefficient (Wildman–Crippen LogP) is -1.40. The zero-order valence-corrected chi connectivity index (χ0v) is 3.03. The van der Waals surface area contributed by atoms with Crippen molar-refractivity contribution in [1.82, 2.24) is 0 Å². The maximum atomic E-state index is 10.6. The minimum absolute atomic E-state index is 3.70. The van der Waals surface area contributed by atoms with E-state index in [0.717, 1.165) is 0 Å². The molecular formula is C2HF3O2-2. The van der Waals surface area contributed by atoms with E-state index in [9.17, 15) is 13.2 Å². The summed E-state index contributed by atoms with van der Waals surface area (Å²) in [6, 6.07) is 0. The summed E-state index contributed by atoms with van der Waals surface area (Å²) in [5.41, 5.74) is 0. The molecule has 0 aromatic rings. The van der Waals surface area contributed by atoms with Crippen molar-refractivity contribution in [2.45, 2.75) is 12.5 Å². The minimum Gasteiger partial charge on any atom is -0.859 e. The lowest BCUT2D eigenvalue weighted by Gasteiger charge is -2.30. The third kappa shape index (κ3) is 2.41. The van der Waals surface area contributed by atoms with Gasteiger partial charge < -0.3 is 10.2 Å². The van der Waals surface area contributed by atoms with Crippen LogP contribution < -0.4 is 10.2 Å². The van der Waals surface area contributed by atoms with Crippen molar-refractivity contribution in [2.24, 2.45) is 0 Å². The highest BCUT2D eigenvalue weighted by atomic mass is 19.4. The van der Waals surface area contributed by atoms with Gasteiger partial charge in [-0.2, -0.15) is 13.2 Å². The van der Waals surface area contributed by atoms with Crippen LogP contribution in [0, 0.1) is 0 Å². The average Bonchev–Trinajstić information content (AvgIpc) is 1.31. The van der Waals surface area contributed by atoms with Crippen LogP contribution in [0.3, 0.4) is 0 Å². The zero-order valence-electron chi connectivity index (χ0n) is 3.03. The van der Waals surface area contributed by atoms with E-state index >= 15 is 0 Å². The summed E-state index contributed by atoms with van der Waals surface area (Å²) in [6.07, 6.45) is -8.81. The molecule has 0 fully saturated rings. The molecule has 0 N–H and O–H groups in total. The van der Waals surface area contributed by atoms with Gasteiger partial charge in [0.2, 0.25) is 0 Å². The van der Waals surface area contributed by atoms with Crippen LogP contribution in [0.5, 0.6) is 0 Å². The Labute approximate surface area is 37.2 Å². The molecule has 0 radical (unpaired) electrons. The van der Waals surface area contributed by atoms with Crippen LogP contribution in [0.25, 0.3) is 0 Å². The van der Waals surface area contributed by atoms with E-state index in [0.29, 0.717) is 0 Å². The minimum atomic E-state index is -5.11. The Morgan fingerprint density at radius 1 is 1.14 bits per heavy atom. The Bertz CT molecular complexity index is 56.4. The van der Waals surface area contributed by atoms with E-state index in [4.69, 9.17) is 10.2 Å². The van der Waals surface area contributed by atoms with Crippen molar-refractivity contribution >= 4 is 0 Å². The first kappa shape index (κ1) is 6.71. The first-order valence-corrected chi connectivity index (χ1v) is 1.33. The number of alkyl halides is 3. The molecule has 44 valence electrons. The molecule has 0 aromatic carbocycles. The highest BCUT2D eigenvalue weighted by Gasteiger charge is 2.22. The number of halogens is 3. The molecule has 0 aliphatic rings. The first-order chi connectivity index (χ1) is 2.94. The molecule has 0 heterocycles. The lowest BCUT2D eigenvalue weighted by molar-refractivity contribution is -0.698. The summed E-state index contributed by atoms with van der Waals surface area (Å²) in [5, 5.41) is 17.7. The predicted molar refractivity (Wildman–Crippen MR) is 9.84 cm³/mol. The van der Waals surface area contributed by atoms with Crippen LogP contribution >= 0.6 is 0 Å². The van der Waals surface area contributed by atoms with Crippen molar-refractivity contribution in [3.8, 4) is 0 Å². The topological polar surface area (TPSA) is 46.1 Å². The van der Waals surface area contributed by atoms with Crippen LogP contribution in [0.2, 0.25) is 0 Å². The van der Waals surface area contributed by atoms with E-state index in [1.807, 2.05) is 0 Å². The molecule has 0 spiro atoms. The second-order valence-electron chi connectivity index (χ2n) is 0.874. The van der Waals surface area contributed by atoms with Crippen molar-refractivity contribution < 1.29 is 23.4 Å². The quantitative estimate of drug-likeness (QED) is 0.363. The normalized spacial score (nSPS) is 12.9. The number of hydrogen-bond donors (Lipinski definition) is 0. The van der Waals surface area contributed by atoms with Crippen molar-refractivity contribution in [2.75, 3.05) is 0 Å². The molecule has 5 heteroatoms. The summed E-state index contributed by atoms with van der Waals surface area (Å²) < 4.78 is 31.7. The van der Waals surface area contributed by atoms with Gasteiger partial charge in [0.1, 0.15) is 0 Å². The molecule has 7 heavy (non-hydrogen) atoms. The van der Waals surface area contributed by atoms with Crippen molar-refractivity contribution in [3.05, 3.63) is 0 Å². The van der Waals surface area contributed by atoms with Gasteiger partial charge in [-0.3, -0.25) is 0 Å². The molecule has 0 aliphatic heterocycles. The van der Waals surface area contributed by atoms with Crippen LogP contribution in [0.4, 0.5) is 13.2 Å². The summed E-state index contributed by atoms with van der Waals surface area (Å²) in [6.45, 7) is 0. The Hall–Kier alpha value is -0.290. The molecule has 0 saturated carbocycles. The van der Waals surface area contributed by atoms with Crippen LogP contribution in [-0.4, -0.2) is 12.5 Å². The lowest BCUT2D eigenvalue weighted by atomic mass is 10.6. The Morgan fingerprint density at radius 2 is 1.29 bits per heavy atom. The molecule has 0 saturated heterocycles. The fourth-order valence-corrected chi connectivity index (χ4v) is 0. The lowest BCUT2D eigenvalue weighted by Crippen LogP contribution is -2.51. The smallest absolute Gasteiger partial charge is 0.362 e. The average molecular weight is 114 g/mol. The summed E-state index contributed by atoms with van der Waals surface area (Å²) in [5.74, 6) is 0. The van der Waals surface area contributed by atoms with Gasteiger partial charge >= 0.3 is 6.18 Å². The van der Waals surface area contributed by atoms with E-state index in [1.165, 1.54) is 0 Å². The molecule has 0 atom stereocenters. The SMILES string of the molecule is [O-]C([O-])C(F)(F)F. The maximum Gasteiger partial charge on any atom is 0.362 e. The summed E-state index contributed by atoms with van der Waals surface area (Å²) in [4.78, 5) is 0. The Morgan fingerprint density at radius 3 is 1.29 bits per heavy atom. The van der Waals surface area contributed by atoms with E-state index in [1.54, 1.807) is 0 Å². The van der Waals surface area contributed by atoms with Gasteiger partial charge in [0.25, 0.3) is 0 Å². The van der Waals surface area contributed by atoms with Crippen LogP contribution in [0.15, 0.2) is 0 Å². The van der Waals surface area contributed by atoms with Crippen LogP contribution in [0.1, 0.15) is 0 Å². The number of hydrogen-bond acceptors (Lipinski definition) is 2. The van der Waals surface area contributed by atoms with Crippen molar-refractivity contribution in [1.29, 1.82) is 0 Å². The van der Waals surface area contributed by atoms with Crippen molar-refractivity contribution in [3.63, 3.8) is 0 Å². The fourth-order valence-electron chi connectivity index (χ4n) is 0. The molecule has 0 bridgehead atoms. The monoisotopic (exact) mass is 114 g/mol. The summed E-state index contributed by atoms with van der Waals surface area (Å²) in [7, 11) is 0. The third-order valence-electron chi connectivity index (χ3n) is 0.267. The molecule has 0 unspecified atom stereocenters. The molecule has 0 aromatic heterocycles. The molecule has 2 nitrogen and oxygen atoms in total. The van der Waals surface area contributed by atoms with Gasteiger partial charge in [-0.05, 0) is 0 Å². The molecular weight excluding hydrogens is 113 g/mol. The number of rotatable bonds is 0. The van der Waals surface area contributed by atoms with Gasteiger partial charge in [-0.15, -0.1) is 6.29 Å². The van der Waals surface area contributed by atoms with Gasteiger partial charge in [0.05, 0.1) is 0 Å². The molecule has 0 amide bonds. The highest BCUT2D eigenvalue weighted by molar-refractivity contribution is 4.43. The van der Waals surface area contributed by atoms with Gasteiger partial charge in [0.15, 0.2) is 0 Å². The largest absolute Gasteiger partial charge is 0.859 e.